The van der Waals surface area contributed by atoms with E-state index in [9.17, 15) is 0 Å². The third kappa shape index (κ3) is 9.09. The van der Waals surface area contributed by atoms with Gasteiger partial charge in [-0.1, -0.05) is 200 Å². The lowest BCUT2D eigenvalue weighted by Gasteiger charge is -2.13. The summed E-state index contributed by atoms with van der Waals surface area (Å²) >= 11 is 0. The number of fused-ring (bicyclic) bond motifs is 6. The average Bonchev–Trinajstić information content (AvgIpc) is 2.08. The summed E-state index contributed by atoms with van der Waals surface area (Å²) in [5, 5.41) is 4.24. The van der Waals surface area contributed by atoms with Crippen molar-refractivity contribution in [3.8, 4) is 113 Å². The smallest absolute Gasteiger partial charge is 0.238 e. The summed E-state index contributed by atoms with van der Waals surface area (Å²) in [6.07, 6.45) is 7.34. The van der Waals surface area contributed by atoms with Crippen molar-refractivity contribution in [2.45, 2.75) is 0 Å². The first-order chi connectivity index (χ1) is 42.6. The van der Waals surface area contributed by atoms with Crippen LogP contribution in [0.2, 0.25) is 0 Å². The summed E-state index contributed by atoms with van der Waals surface area (Å²) in [4.78, 5) is 45.9. The van der Waals surface area contributed by atoms with Gasteiger partial charge in [0.2, 0.25) is 11.9 Å². The van der Waals surface area contributed by atoms with Gasteiger partial charge in [-0.05, 0) is 105 Å². The maximum absolute atomic E-state index is 5.40. The Balaban J connectivity index is 0.826. The molecule has 16 aromatic rings. The van der Waals surface area contributed by atoms with Crippen LogP contribution in [0, 0.1) is 0 Å². The number of hydrogen-bond donors (Lipinski definition) is 0. The Morgan fingerprint density at radius 2 is 0.535 bits per heavy atom. The molecule has 0 radical (unpaired) electrons. The van der Waals surface area contributed by atoms with E-state index in [1.54, 1.807) is 0 Å². The molecule has 16 rings (SSSR count). The average molecular weight is 1100 g/mol. The summed E-state index contributed by atoms with van der Waals surface area (Å²) in [5.74, 6) is 3.02. The molecule has 0 saturated heterocycles. The van der Waals surface area contributed by atoms with Gasteiger partial charge in [-0.3, -0.25) is 9.13 Å². The Morgan fingerprint density at radius 3 is 0.965 bits per heavy atom. The molecule has 0 spiro atoms. The Morgan fingerprint density at radius 1 is 0.198 bits per heavy atom. The summed E-state index contributed by atoms with van der Waals surface area (Å²) < 4.78 is 4.29. The molecule has 0 aliphatic rings. The maximum Gasteiger partial charge on any atom is 0.238 e. The fourth-order valence-electron chi connectivity index (χ4n) is 11.6. The van der Waals surface area contributed by atoms with Crippen LogP contribution in [0.25, 0.3) is 157 Å². The molecule has 0 amide bonds. The van der Waals surface area contributed by atoms with E-state index in [2.05, 4.69) is 167 Å². The van der Waals surface area contributed by atoms with Crippen molar-refractivity contribution in [2.24, 2.45) is 0 Å². The quantitative estimate of drug-likeness (QED) is 0.124. The van der Waals surface area contributed by atoms with E-state index in [1.165, 1.54) is 0 Å². The number of benzene rings is 10. The molecular weight excluding hydrogens is 1050 g/mol. The number of rotatable bonds is 11. The van der Waals surface area contributed by atoms with Crippen molar-refractivity contribution in [3.63, 3.8) is 0 Å². The second-order valence-electron chi connectivity index (χ2n) is 21.1. The largest absolute Gasteiger partial charge is 0.278 e. The first-order valence-electron chi connectivity index (χ1n) is 28.4. The molecule has 0 N–H and O–H groups in total. The Labute approximate surface area is 494 Å². The van der Waals surface area contributed by atoms with Crippen molar-refractivity contribution >= 4 is 43.6 Å². The van der Waals surface area contributed by atoms with Gasteiger partial charge in [0.15, 0.2) is 23.3 Å². The number of nitrogens with zero attached hydrogens (tertiary/aromatic N) is 11. The van der Waals surface area contributed by atoms with Gasteiger partial charge in [0.05, 0.1) is 22.1 Å². The van der Waals surface area contributed by atoms with Gasteiger partial charge >= 0.3 is 0 Å². The zero-order chi connectivity index (χ0) is 56.9. The Bertz CT molecular complexity index is 5030. The molecule has 6 heterocycles. The van der Waals surface area contributed by atoms with E-state index in [-0.39, 0.29) is 0 Å². The second kappa shape index (κ2) is 21.1. The first-order valence-corrected chi connectivity index (χ1v) is 28.4. The third-order valence-corrected chi connectivity index (χ3v) is 15.8. The topological polar surface area (TPSA) is 126 Å². The summed E-state index contributed by atoms with van der Waals surface area (Å²) in [7, 11) is 0. The van der Waals surface area contributed by atoms with Gasteiger partial charge in [0.25, 0.3) is 0 Å². The predicted octanol–water partition coefficient (Wildman–Crippen LogP) is 17.4. The molecule has 10 aromatic carbocycles. The molecule has 0 bridgehead atoms. The fraction of sp³-hybridized carbons (Fsp3) is 0. The molecule has 0 saturated carbocycles. The standard InChI is InChI=1S/C75H47N11/c1-6-20-48(21-7-1)55-38-56(49-22-8-2-9-23-49)40-57(39-55)71-82-70(52-28-14-5-15-29-52)83-75(84-71)86-67-33-19-17-31-61(67)63-42-54(35-37-69(63)86)53-34-36-68-62(41-53)60-30-16-18-32-66(60)85(68)74-80-64(72-76-44-58(45-77-72)50-24-10-3-11-25-50)43-65(81-74)73-78-46-59(47-79-73)51-26-12-4-13-27-51/h1-47H. The van der Waals surface area contributed by atoms with E-state index in [4.69, 9.17) is 44.9 Å². The van der Waals surface area contributed by atoms with Crippen molar-refractivity contribution in [1.82, 2.24) is 54.0 Å². The lowest BCUT2D eigenvalue weighted by molar-refractivity contribution is 0.953. The van der Waals surface area contributed by atoms with Gasteiger partial charge < -0.3 is 0 Å². The molecule has 402 valence electrons. The maximum atomic E-state index is 5.40. The van der Waals surface area contributed by atoms with Crippen molar-refractivity contribution in [1.29, 1.82) is 0 Å². The Hall–Kier alpha value is -12.0. The highest BCUT2D eigenvalue weighted by Crippen LogP contribution is 2.40. The van der Waals surface area contributed by atoms with E-state index >= 15 is 0 Å². The highest BCUT2D eigenvalue weighted by molar-refractivity contribution is 6.12. The lowest BCUT2D eigenvalue weighted by Crippen LogP contribution is -2.06. The molecular formula is C75H47N11. The van der Waals surface area contributed by atoms with Crippen LogP contribution in [-0.2, 0) is 0 Å². The van der Waals surface area contributed by atoms with Crippen LogP contribution >= 0.6 is 0 Å². The number of hydrogen-bond acceptors (Lipinski definition) is 9. The molecule has 0 unspecified atom stereocenters. The van der Waals surface area contributed by atoms with Crippen LogP contribution in [0.15, 0.2) is 286 Å². The van der Waals surface area contributed by atoms with E-state index in [0.717, 1.165) is 110 Å². The Kier molecular flexibility index (Phi) is 12.2. The van der Waals surface area contributed by atoms with Crippen molar-refractivity contribution in [2.75, 3.05) is 0 Å². The minimum Gasteiger partial charge on any atom is -0.278 e. The van der Waals surface area contributed by atoms with E-state index in [1.807, 2.05) is 128 Å². The fourth-order valence-corrected chi connectivity index (χ4v) is 11.6. The zero-order valence-electron chi connectivity index (χ0n) is 46.1. The van der Waals surface area contributed by atoms with Crippen LogP contribution in [0.4, 0.5) is 0 Å². The summed E-state index contributed by atoms with van der Waals surface area (Å²) in [6.45, 7) is 0. The summed E-state index contributed by atoms with van der Waals surface area (Å²) in [5.41, 5.74) is 17.0. The molecule has 0 atom stereocenters. The molecule has 6 aromatic heterocycles. The molecule has 86 heavy (non-hydrogen) atoms. The molecule has 11 nitrogen and oxygen atoms in total. The highest BCUT2D eigenvalue weighted by atomic mass is 15.2. The molecule has 0 aliphatic carbocycles. The molecule has 0 aliphatic heterocycles. The van der Waals surface area contributed by atoms with Crippen LogP contribution < -0.4 is 0 Å². The van der Waals surface area contributed by atoms with Gasteiger partial charge in [0.1, 0.15) is 11.4 Å². The minimum absolute atomic E-state index is 0.439. The first kappa shape index (κ1) is 49.8. The monoisotopic (exact) mass is 1100 g/mol. The van der Waals surface area contributed by atoms with E-state index < -0.39 is 0 Å². The minimum atomic E-state index is 0.439. The molecule has 11 heteroatoms. The highest BCUT2D eigenvalue weighted by Gasteiger charge is 2.23. The van der Waals surface area contributed by atoms with Gasteiger partial charge in [0, 0.05) is 68.6 Å². The van der Waals surface area contributed by atoms with Crippen molar-refractivity contribution in [3.05, 3.63) is 286 Å². The van der Waals surface area contributed by atoms with Gasteiger partial charge in [-0.15, -0.1) is 0 Å². The summed E-state index contributed by atoms with van der Waals surface area (Å²) in [6, 6.07) is 89.9. The number of para-hydroxylation sites is 2. The molecule has 0 fully saturated rings. The van der Waals surface area contributed by atoms with Crippen molar-refractivity contribution < 1.29 is 0 Å². The zero-order valence-corrected chi connectivity index (χ0v) is 46.1. The second-order valence-corrected chi connectivity index (χ2v) is 21.1. The normalized spacial score (nSPS) is 11.5. The van der Waals surface area contributed by atoms with Crippen LogP contribution in [0.3, 0.4) is 0 Å². The lowest BCUT2D eigenvalue weighted by atomic mass is 9.96. The SMILES string of the molecule is c1ccc(-c2cnc(-c3cc(-c4ncc(-c5ccccc5)cn4)nc(-n4c5ccccc5c5cc(-c6ccc7c(c6)c6ccccc6n7-c6nc(-c7ccccc7)nc(-c7cc(-c8ccccc8)cc(-c8ccccc8)c7)n6)ccc54)n3)nc2)cc1. The van der Waals surface area contributed by atoms with Crippen LogP contribution in [0.1, 0.15) is 0 Å². The third-order valence-electron chi connectivity index (χ3n) is 15.8. The van der Waals surface area contributed by atoms with Crippen LogP contribution in [-0.4, -0.2) is 54.0 Å². The van der Waals surface area contributed by atoms with Gasteiger partial charge in [-0.2, -0.15) is 9.97 Å². The van der Waals surface area contributed by atoms with Crippen LogP contribution in [0.5, 0.6) is 0 Å². The predicted molar refractivity (Wildman–Crippen MR) is 344 cm³/mol. The van der Waals surface area contributed by atoms with Gasteiger partial charge in [-0.25, -0.2) is 34.9 Å². The number of aromatic nitrogens is 11. The van der Waals surface area contributed by atoms with E-state index in [0.29, 0.717) is 46.6 Å².